The zero-order valence-electron chi connectivity index (χ0n) is 22.3. The van der Waals surface area contributed by atoms with E-state index in [1.807, 2.05) is 0 Å². The molecule has 2 N–H and O–H groups in total. The monoisotopic (exact) mass is 461 g/mol. The normalized spacial score (nSPS) is 13.0. The zero-order valence-corrected chi connectivity index (χ0v) is 22.3. The van der Waals surface area contributed by atoms with Gasteiger partial charge in [0.05, 0.1) is 6.04 Å². The first-order valence-electron chi connectivity index (χ1n) is 14.4. The molecule has 0 aromatic carbocycles. The van der Waals surface area contributed by atoms with E-state index < -0.39 is 0 Å². The van der Waals surface area contributed by atoms with Crippen LogP contribution in [0.15, 0.2) is 23.8 Å². The number of hydrogen-bond donors (Lipinski definition) is 2. The summed E-state index contributed by atoms with van der Waals surface area (Å²) in [5, 5.41) is 20.6. The van der Waals surface area contributed by atoms with Gasteiger partial charge in [0, 0.05) is 12.1 Å². The molecule has 1 atom stereocenters. The standard InChI is InChI=1S/C30H55NO2/c1-4-6-8-10-12-14-15-16-17-19-21-23-27(3)28(31-29(32)25-26-30(31)33)24-22-20-18-13-11-9-7-5-2/h23,25-26,28,32-33H,4-22,24H2,1-3H3. The summed E-state index contributed by atoms with van der Waals surface area (Å²) in [4.78, 5) is 0. The molecule has 0 aliphatic heterocycles. The van der Waals surface area contributed by atoms with Crippen molar-refractivity contribution in [2.45, 2.75) is 155 Å². The largest absolute Gasteiger partial charge is 0.494 e. The number of unbranched alkanes of at least 4 members (excludes halogenated alkanes) is 17. The van der Waals surface area contributed by atoms with Crippen molar-refractivity contribution in [3.8, 4) is 11.8 Å². The van der Waals surface area contributed by atoms with Crippen molar-refractivity contribution < 1.29 is 10.2 Å². The Labute approximate surface area is 205 Å². The summed E-state index contributed by atoms with van der Waals surface area (Å²) in [6, 6.07) is 3.26. The van der Waals surface area contributed by atoms with Gasteiger partial charge in [-0.25, -0.2) is 0 Å². The van der Waals surface area contributed by atoms with Crippen LogP contribution in [0, 0.1) is 0 Å². The minimum absolute atomic E-state index is 0.0585. The fourth-order valence-corrected chi connectivity index (χ4v) is 4.88. The Kier molecular flexibility index (Phi) is 18.0. The summed E-state index contributed by atoms with van der Waals surface area (Å²) in [5.74, 6) is 0.340. The van der Waals surface area contributed by atoms with Crippen molar-refractivity contribution in [1.29, 1.82) is 0 Å². The van der Waals surface area contributed by atoms with Gasteiger partial charge in [0.1, 0.15) is 0 Å². The van der Waals surface area contributed by atoms with E-state index in [0.29, 0.717) is 0 Å². The van der Waals surface area contributed by atoms with Crippen molar-refractivity contribution in [3.05, 3.63) is 23.8 Å². The van der Waals surface area contributed by atoms with Crippen LogP contribution in [0.3, 0.4) is 0 Å². The van der Waals surface area contributed by atoms with E-state index in [-0.39, 0.29) is 17.8 Å². The first-order valence-corrected chi connectivity index (χ1v) is 14.4. The van der Waals surface area contributed by atoms with Gasteiger partial charge in [0.15, 0.2) is 11.8 Å². The van der Waals surface area contributed by atoms with Gasteiger partial charge in [-0.2, -0.15) is 0 Å². The van der Waals surface area contributed by atoms with Gasteiger partial charge in [0.25, 0.3) is 0 Å². The molecule has 1 rings (SSSR count). The molecule has 0 aliphatic carbocycles. The number of aromatic hydroxyl groups is 2. The van der Waals surface area contributed by atoms with Crippen molar-refractivity contribution >= 4 is 0 Å². The Morgan fingerprint density at radius 3 is 1.52 bits per heavy atom. The van der Waals surface area contributed by atoms with E-state index in [0.717, 1.165) is 19.3 Å². The van der Waals surface area contributed by atoms with Gasteiger partial charge >= 0.3 is 0 Å². The van der Waals surface area contributed by atoms with Gasteiger partial charge in [-0.15, -0.1) is 0 Å². The average Bonchev–Trinajstić information content (AvgIpc) is 3.14. The molecule has 0 saturated heterocycles. The molecule has 0 aliphatic rings. The molecule has 0 fully saturated rings. The molecule has 1 aromatic rings. The summed E-state index contributed by atoms with van der Waals surface area (Å²) >= 11 is 0. The minimum atomic E-state index is 0.0585. The molecular formula is C30H55NO2. The Morgan fingerprint density at radius 2 is 1.06 bits per heavy atom. The number of hydrogen-bond acceptors (Lipinski definition) is 2. The van der Waals surface area contributed by atoms with Gasteiger partial charge < -0.3 is 10.2 Å². The van der Waals surface area contributed by atoms with Gasteiger partial charge in [-0.3, -0.25) is 4.57 Å². The number of rotatable bonds is 22. The Hall–Kier alpha value is -1.38. The number of aromatic nitrogens is 1. The summed E-state index contributed by atoms with van der Waals surface area (Å²) in [5.41, 5.74) is 1.27. The second-order valence-corrected chi connectivity index (χ2v) is 10.1. The SMILES string of the molecule is CCCCCCCCCCCCC=C(C)C(CCCCCCCCCC)n1c(O)ccc1O. The summed E-state index contributed by atoms with van der Waals surface area (Å²) in [6.45, 7) is 6.71. The molecule has 3 nitrogen and oxygen atoms in total. The lowest BCUT2D eigenvalue weighted by Gasteiger charge is -2.22. The highest BCUT2D eigenvalue weighted by Crippen LogP contribution is 2.34. The van der Waals surface area contributed by atoms with Crippen LogP contribution in [-0.2, 0) is 0 Å². The molecule has 3 heteroatoms. The molecule has 1 aromatic heterocycles. The van der Waals surface area contributed by atoms with E-state index in [9.17, 15) is 10.2 Å². The number of allylic oxidation sites excluding steroid dienone is 2. The van der Waals surface area contributed by atoms with Crippen LogP contribution in [0.2, 0.25) is 0 Å². The molecule has 1 heterocycles. The molecular weight excluding hydrogens is 406 g/mol. The molecule has 33 heavy (non-hydrogen) atoms. The van der Waals surface area contributed by atoms with Crippen LogP contribution in [0.4, 0.5) is 0 Å². The van der Waals surface area contributed by atoms with Crippen molar-refractivity contribution in [2.75, 3.05) is 0 Å². The molecule has 0 saturated carbocycles. The molecule has 1 unspecified atom stereocenters. The maximum Gasteiger partial charge on any atom is 0.194 e. The van der Waals surface area contributed by atoms with E-state index in [2.05, 4.69) is 26.8 Å². The third kappa shape index (κ3) is 13.8. The van der Waals surface area contributed by atoms with Gasteiger partial charge in [0.2, 0.25) is 0 Å². The topological polar surface area (TPSA) is 45.4 Å². The minimum Gasteiger partial charge on any atom is -0.494 e. The summed E-state index contributed by atoms with van der Waals surface area (Å²) in [7, 11) is 0. The number of nitrogens with zero attached hydrogens (tertiary/aromatic N) is 1. The summed E-state index contributed by atoms with van der Waals surface area (Å²) in [6.07, 6.45) is 28.4. The molecule has 0 amide bonds. The fourth-order valence-electron chi connectivity index (χ4n) is 4.88. The van der Waals surface area contributed by atoms with Crippen LogP contribution in [0.25, 0.3) is 0 Å². The lowest BCUT2D eigenvalue weighted by Crippen LogP contribution is -2.10. The lowest BCUT2D eigenvalue weighted by molar-refractivity contribution is 0.336. The second-order valence-electron chi connectivity index (χ2n) is 10.1. The second kappa shape index (κ2) is 20.0. The van der Waals surface area contributed by atoms with Crippen molar-refractivity contribution in [1.82, 2.24) is 4.57 Å². The third-order valence-corrected chi connectivity index (χ3v) is 7.07. The third-order valence-electron chi connectivity index (χ3n) is 7.07. The van der Waals surface area contributed by atoms with Crippen LogP contribution < -0.4 is 0 Å². The van der Waals surface area contributed by atoms with E-state index >= 15 is 0 Å². The average molecular weight is 462 g/mol. The quantitative estimate of drug-likeness (QED) is 0.133. The highest BCUT2D eigenvalue weighted by Gasteiger charge is 2.19. The van der Waals surface area contributed by atoms with E-state index in [4.69, 9.17) is 0 Å². The predicted octanol–water partition coefficient (Wildman–Crippen LogP) is 10.2. The zero-order chi connectivity index (χ0) is 24.2. The van der Waals surface area contributed by atoms with E-state index in [1.165, 1.54) is 115 Å². The van der Waals surface area contributed by atoms with Crippen LogP contribution in [-0.4, -0.2) is 14.8 Å². The molecule has 0 radical (unpaired) electrons. The molecule has 192 valence electrons. The predicted molar refractivity (Wildman–Crippen MR) is 144 cm³/mol. The first-order chi connectivity index (χ1) is 16.1. The smallest absolute Gasteiger partial charge is 0.194 e. The van der Waals surface area contributed by atoms with E-state index in [1.54, 1.807) is 16.7 Å². The lowest BCUT2D eigenvalue weighted by atomic mass is 9.98. The van der Waals surface area contributed by atoms with Crippen LogP contribution in [0.1, 0.15) is 155 Å². The first kappa shape index (κ1) is 29.7. The molecule has 0 bridgehead atoms. The van der Waals surface area contributed by atoms with Gasteiger partial charge in [-0.1, -0.05) is 135 Å². The maximum absolute atomic E-state index is 10.3. The Morgan fingerprint density at radius 1 is 0.667 bits per heavy atom. The highest BCUT2D eigenvalue weighted by atomic mass is 16.3. The maximum atomic E-state index is 10.3. The van der Waals surface area contributed by atoms with Gasteiger partial charge in [-0.05, 0) is 26.2 Å². The van der Waals surface area contributed by atoms with Crippen molar-refractivity contribution in [2.24, 2.45) is 0 Å². The van der Waals surface area contributed by atoms with Crippen LogP contribution in [0.5, 0.6) is 11.8 Å². The van der Waals surface area contributed by atoms with Crippen molar-refractivity contribution in [3.63, 3.8) is 0 Å². The fraction of sp³-hybridized carbons (Fsp3) is 0.800. The Bertz CT molecular complexity index is 585. The Balaban J connectivity index is 2.35. The summed E-state index contributed by atoms with van der Waals surface area (Å²) < 4.78 is 1.71. The molecule has 0 spiro atoms. The highest BCUT2D eigenvalue weighted by molar-refractivity contribution is 5.28. The van der Waals surface area contributed by atoms with Crippen LogP contribution >= 0.6 is 0 Å².